The quantitative estimate of drug-likeness (QED) is 0.653. The fourth-order valence-corrected chi connectivity index (χ4v) is 1.76. The molecule has 3 heteroatoms. The zero-order valence-electron chi connectivity index (χ0n) is 8.68. The van der Waals surface area contributed by atoms with Crippen LogP contribution >= 0.6 is 0 Å². The summed E-state index contributed by atoms with van der Waals surface area (Å²) < 4.78 is 32.0. The van der Waals surface area contributed by atoms with Crippen LogP contribution in [0.5, 0.6) is 0 Å². The standard InChI is InChI=1S/C10H18F2O/c1-6(2)8-5-10(11,12)9(13-8)7(3)4/h6-9H,5H2,1-4H3/t8-,9-/m0/s1. The fraction of sp³-hybridized carbons (Fsp3) is 1.00. The van der Waals surface area contributed by atoms with Crippen molar-refractivity contribution in [3.63, 3.8) is 0 Å². The molecule has 1 nitrogen and oxygen atoms in total. The van der Waals surface area contributed by atoms with Gasteiger partial charge in [0.15, 0.2) is 0 Å². The molecule has 0 spiro atoms. The Balaban J connectivity index is 2.68. The number of alkyl halides is 2. The van der Waals surface area contributed by atoms with Gasteiger partial charge in [-0.25, -0.2) is 8.78 Å². The third kappa shape index (κ3) is 2.19. The van der Waals surface area contributed by atoms with Crippen molar-refractivity contribution in [2.24, 2.45) is 11.8 Å². The number of hydrogen-bond acceptors (Lipinski definition) is 1. The summed E-state index contributed by atoms with van der Waals surface area (Å²) in [7, 11) is 0. The minimum Gasteiger partial charge on any atom is -0.368 e. The van der Waals surface area contributed by atoms with Crippen LogP contribution in [0.4, 0.5) is 8.78 Å². The molecule has 1 fully saturated rings. The predicted molar refractivity (Wildman–Crippen MR) is 47.9 cm³/mol. The lowest BCUT2D eigenvalue weighted by Crippen LogP contribution is -2.32. The van der Waals surface area contributed by atoms with Gasteiger partial charge in [0.1, 0.15) is 6.10 Å². The molecule has 1 aliphatic heterocycles. The Kier molecular flexibility index (Phi) is 2.95. The highest BCUT2D eigenvalue weighted by atomic mass is 19.3. The molecule has 0 aromatic rings. The summed E-state index contributed by atoms with van der Waals surface area (Å²) in [5, 5.41) is 0. The molecule has 2 atom stereocenters. The molecular formula is C10H18F2O. The van der Waals surface area contributed by atoms with Gasteiger partial charge in [-0.3, -0.25) is 0 Å². The van der Waals surface area contributed by atoms with Crippen LogP contribution in [0.15, 0.2) is 0 Å². The molecule has 0 unspecified atom stereocenters. The normalized spacial score (nSPS) is 33.2. The van der Waals surface area contributed by atoms with Crippen LogP contribution in [-0.4, -0.2) is 18.1 Å². The summed E-state index contributed by atoms with van der Waals surface area (Å²) in [5.41, 5.74) is 0. The SMILES string of the molecule is CC(C)[C@@H]1CC(F)(F)[C@H](C(C)C)O1. The van der Waals surface area contributed by atoms with Gasteiger partial charge >= 0.3 is 0 Å². The monoisotopic (exact) mass is 192 g/mol. The molecule has 1 rings (SSSR count). The minimum absolute atomic E-state index is 0.112. The molecule has 1 saturated heterocycles. The first-order valence-corrected chi connectivity index (χ1v) is 4.88. The fourth-order valence-electron chi connectivity index (χ4n) is 1.76. The third-order valence-corrected chi connectivity index (χ3v) is 2.56. The second kappa shape index (κ2) is 3.52. The van der Waals surface area contributed by atoms with Crippen molar-refractivity contribution in [2.45, 2.75) is 52.2 Å². The van der Waals surface area contributed by atoms with Crippen LogP contribution in [0.2, 0.25) is 0 Å². The predicted octanol–water partition coefficient (Wildman–Crippen LogP) is 3.09. The van der Waals surface area contributed by atoms with Crippen LogP contribution in [0, 0.1) is 11.8 Å². The largest absolute Gasteiger partial charge is 0.368 e. The van der Waals surface area contributed by atoms with Gasteiger partial charge in [0.05, 0.1) is 6.10 Å². The van der Waals surface area contributed by atoms with Gasteiger partial charge in [-0.1, -0.05) is 27.7 Å². The number of ether oxygens (including phenoxy) is 1. The van der Waals surface area contributed by atoms with E-state index in [9.17, 15) is 8.78 Å². The molecule has 0 radical (unpaired) electrons. The van der Waals surface area contributed by atoms with Gasteiger partial charge in [0, 0.05) is 6.42 Å². The van der Waals surface area contributed by atoms with Crippen molar-refractivity contribution in [1.29, 1.82) is 0 Å². The highest BCUT2D eigenvalue weighted by molar-refractivity contribution is 4.91. The van der Waals surface area contributed by atoms with Crippen LogP contribution < -0.4 is 0 Å². The molecular weight excluding hydrogens is 174 g/mol. The smallest absolute Gasteiger partial charge is 0.276 e. The Morgan fingerprint density at radius 3 is 1.92 bits per heavy atom. The van der Waals surface area contributed by atoms with Crippen molar-refractivity contribution in [1.82, 2.24) is 0 Å². The summed E-state index contributed by atoms with van der Waals surface area (Å²) in [6.07, 6.45) is -1.28. The molecule has 13 heavy (non-hydrogen) atoms. The second-order valence-electron chi connectivity index (χ2n) is 4.55. The lowest BCUT2D eigenvalue weighted by Gasteiger charge is -2.21. The molecule has 0 aliphatic carbocycles. The maximum Gasteiger partial charge on any atom is 0.276 e. The first kappa shape index (κ1) is 10.9. The van der Waals surface area contributed by atoms with Crippen molar-refractivity contribution in [2.75, 3.05) is 0 Å². The van der Waals surface area contributed by atoms with E-state index in [1.165, 1.54) is 0 Å². The highest BCUT2D eigenvalue weighted by Crippen LogP contribution is 2.41. The average molecular weight is 192 g/mol. The Bertz CT molecular complexity index is 178. The number of halogens is 2. The van der Waals surface area contributed by atoms with Crippen molar-refractivity contribution >= 4 is 0 Å². The molecule has 0 bridgehead atoms. The average Bonchev–Trinajstić information content (AvgIpc) is 2.25. The molecule has 78 valence electrons. The summed E-state index contributed by atoms with van der Waals surface area (Å²) in [4.78, 5) is 0. The van der Waals surface area contributed by atoms with E-state index >= 15 is 0 Å². The zero-order valence-corrected chi connectivity index (χ0v) is 8.68. The molecule has 1 heterocycles. The molecule has 1 aliphatic rings. The molecule has 0 saturated carbocycles. The third-order valence-electron chi connectivity index (χ3n) is 2.56. The van der Waals surface area contributed by atoms with E-state index in [-0.39, 0.29) is 24.4 Å². The molecule has 0 aromatic heterocycles. The van der Waals surface area contributed by atoms with Crippen LogP contribution in [0.1, 0.15) is 34.1 Å². The molecule has 0 amide bonds. The van der Waals surface area contributed by atoms with Gasteiger partial charge in [-0.2, -0.15) is 0 Å². The number of rotatable bonds is 2. The Morgan fingerprint density at radius 1 is 1.15 bits per heavy atom. The minimum atomic E-state index is -2.64. The van der Waals surface area contributed by atoms with Crippen LogP contribution in [0.25, 0.3) is 0 Å². The summed E-state index contributed by atoms with van der Waals surface area (Å²) >= 11 is 0. The Labute approximate surface area is 78.5 Å². The summed E-state index contributed by atoms with van der Waals surface area (Å²) in [6.45, 7) is 7.40. The van der Waals surface area contributed by atoms with Crippen molar-refractivity contribution in [3.8, 4) is 0 Å². The topological polar surface area (TPSA) is 9.23 Å². The van der Waals surface area contributed by atoms with E-state index in [0.29, 0.717) is 0 Å². The van der Waals surface area contributed by atoms with Gasteiger partial charge < -0.3 is 4.74 Å². The van der Waals surface area contributed by atoms with Gasteiger partial charge in [0.2, 0.25) is 0 Å². The Morgan fingerprint density at radius 2 is 1.69 bits per heavy atom. The first-order chi connectivity index (χ1) is 5.84. The first-order valence-electron chi connectivity index (χ1n) is 4.88. The Hall–Kier alpha value is -0.180. The van der Waals surface area contributed by atoms with Crippen LogP contribution in [0.3, 0.4) is 0 Å². The van der Waals surface area contributed by atoms with E-state index < -0.39 is 12.0 Å². The van der Waals surface area contributed by atoms with E-state index in [4.69, 9.17) is 4.74 Å². The van der Waals surface area contributed by atoms with Crippen molar-refractivity contribution < 1.29 is 13.5 Å². The summed E-state index contributed by atoms with van der Waals surface area (Å²) in [5.74, 6) is -2.57. The maximum absolute atomic E-state index is 13.3. The second-order valence-corrected chi connectivity index (χ2v) is 4.55. The van der Waals surface area contributed by atoms with Crippen molar-refractivity contribution in [3.05, 3.63) is 0 Å². The lowest BCUT2D eigenvalue weighted by molar-refractivity contribution is -0.0979. The van der Waals surface area contributed by atoms with Crippen LogP contribution in [-0.2, 0) is 4.74 Å². The van der Waals surface area contributed by atoms with Gasteiger partial charge in [-0.15, -0.1) is 0 Å². The lowest BCUT2D eigenvalue weighted by atomic mass is 9.98. The van der Waals surface area contributed by atoms with E-state index in [2.05, 4.69) is 0 Å². The highest BCUT2D eigenvalue weighted by Gasteiger charge is 2.51. The molecule has 0 N–H and O–H groups in total. The van der Waals surface area contributed by atoms with E-state index in [1.54, 1.807) is 13.8 Å². The van der Waals surface area contributed by atoms with E-state index in [0.717, 1.165) is 0 Å². The molecule has 0 aromatic carbocycles. The van der Waals surface area contributed by atoms with E-state index in [1.807, 2.05) is 13.8 Å². The number of hydrogen-bond donors (Lipinski definition) is 0. The van der Waals surface area contributed by atoms with Gasteiger partial charge in [-0.05, 0) is 11.8 Å². The van der Waals surface area contributed by atoms with Gasteiger partial charge in [0.25, 0.3) is 5.92 Å². The zero-order chi connectivity index (χ0) is 10.2. The summed E-state index contributed by atoms with van der Waals surface area (Å²) in [6, 6.07) is 0. The maximum atomic E-state index is 13.3.